The molecule has 0 radical (unpaired) electrons. The van der Waals surface area contributed by atoms with E-state index in [0.717, 1.165) is 133 Å². The molecular weight excluding hydrogens is 1360 g/mol. The minimum absolute atomic E-state index is 0.615. The molecule has 0 spiro atoms. The molecule has 0 amide bonds. The van der Waals surface area contributed by atoms with Crippen LogP contribution in [0, 0.1) is 20.1 Å². The van der Waals surface area contributed by atoms with Crippen LogP contribution in [0.1, 0.15) is 5.56 Å². The van der Waals surface area contributed by atoms with Crippen LogP contribution in [0.3, 0.4) is 0 Å². The molecule has 7 aromatic heterocycles. The number of pyridine rings is 1. The third kappa shape index (κ3) is 10.7. The lowest BCUT2D eigenvalue weighted by molar-refractivity contribution is 0.670. The molecule has 7 heterocycles. The summed E-state index contributed by atoms with van der Waals surface area (Å²) in [5.41, 5.74) is 23.0. The van der Waals surface area contributed by atoms with E-state index in [0.29, 0.717) is 11.4 Å². The summed E-state index contributed by atoms with van der Waals surface area (Å²) in [4.78, 5) is 11.8. The van der Waals surface area contributed by atoms with E-state index in [1.807, 2.05) is 88.7 Å². The molecule has 15 aromatic carbocycles. The van der Waals surface area contributed by atoms with Crippen LogP contribution >= 0.6 is 34.0 Å². The maximum atomic E-state index is 7.89. The predicted molar refractivity (Wildman–Crippen MR) is 453 cm³/mol. The molecule has 6 nitrogen and oxygen atoms in total. The summed E-state index contributed by atoms with van der Waals surface area (Å²) >= 11 is 5.50. The topological polar surface area (TPSA) is 61.0 Å². The van der Waals surface area contributed by atoms with Crippen molar-refractivity contribution in [1.29, 1.82) is 0 Å². The van der Waals surface area contributed by atoms with E-state index in [1.165, 1.54) is 77.2 Å². The second kappa shape index (κ2) is 26.0. The number of aromatic nitrogens is 1. The van der Waals surface area contributed by atoms with Gasteiger partial charge in [-0.3, -0.25) is 4.98 Å². The van der Waals surface area contributed by atoms with Crippen molar-refractivity contribution in [3.05, 3.63) is 356 Å². The van der Waals surface area contributed by atoms with Gasteiger partial charge in [-0.1, -0.05) is 266 Å². The number of benzene rings is 15. The molecule has 0 aliphatic carbocycles. The lowest BCUT2D eigenvalue weighted by Crippen LogP contribution is -1.83. The van der Waals surface area contributed by atoms with E-state index in [4.69, 9.17) is 26.4 Å². The molecule has 0 unspecified atom stereocenters. The molecule has 107 heavy (non-hydrogen) atoms. The van der Waals surface area contributed by atoms with Crippen LogP contribution in [0.4, 0.5) is 11.4 Å². The van der Waals surface area contributed by atoms with Gasteiger partial charge in [0.05, 0.1) is 13.1 Å². The molecular formula is C98H57N3O3S3. The maximum absolute atomic E-state index is 7.89. The first-order valence-corrected chi connectivity index (χ1v) is 37.9. The molecule has 500 valence electrons. The lowest BCUT2D eigenvalue weighted by atomic mass is 9.96. The second-order valence-electron chi connectivity index (χ2n) is 26.9. The van der Waals surface area contributed by atoms with E-state index >= 15 is 0 Å². The van der Waals surface area contributed by atoms with Crippen LogP contribution in [-0.4, -0.2) is 4.98 Å². The van der Waals surface area contributed by atoms with Crippen molar-refractivity contribution < 1.29 is 13.3 Å². The molecule has 22 aromatic rings. The van der Waals surface area contributed by atoms with Crippen LogP contribution in [0.25, 0.3) is 214 Å². The number of hydrogen-bond acceptors (Lipinski definition) is 7. The number of fused-ring (bicyclic) bond motifs is 18. The van der Waals surface area contributed by atoms with Gasteiger partial charge in [-0.15, -0.1) is 34.0 Å². The van der Waals surface area contributed by atoms with Gasteiger partial charge in [0.25, 0.3) is 0 Å². The average Bonchev–Trinajstić information content (AvgIpc) is 1.61. The molecule has 0 fully saturated rings. The molecule has 0 aliphatic rings. The number of nitrogens with zero attached hydrogens (tertiary/aromatic N) is 3. The fourth-order valence-corrected chi connectivity index (χ4v) is 19.4. The van der Waals surface area contributed by atoms with Gasteiger partial charge in [0.1, 0.15) is 33.5 Å². The van der Waals surface area contributed by atoms with Gasteiger partial charge in [0.2, 0.25) is 0 Å². The second-order valence-corrected chi connectivity index (χ2v) is 30.1. The first kappa shape index (κ1) is 63.2. The Labute approximate surface area is 626 Å². The van der Waals surface area contributed by atoms with Crippen LogP contribution < -0.4 is 0 Å². The summed E-state index contributed by atoms with van der Waals surface area (Å²) in [5, 5.41) is 14.4. The third-order valence-corrected chi connectivity index (χ3v) is 24.3. The van der Waals surface area contributed by atoms with Crippen LogP contribution in [-0.2, 0) is 0 Å². The van der Waals surface area contributed by atoms with E-state index in [-0.39, 0.29) is 0 Å². The van der Waals surface area contributed by atoms with Crippen molar-refractivity contribution in [2.24, 2.45) is 0 Å². The van der Waals surface area contributed by atoms with Crippen molar-refractivity contribution in [2.75, 3.05) is 0 Å². The Morgan fingerprint density at radius 1 is 0.252 bits per heavy atom. The molecule has 0 atom stereocenters. The first-order valence-electron chi connectivity index (χ1n) is 35.4. The third-order valence-electron chi connectivity index (χ3n) is 20.6. The molecule has 0 saturated heterocycles. The normalized spacial score (nSPS) is 11.6. The standard InChI is InChI=1S/C37H21NOS.C31H17NOS.C30H19NOS/c1-38-26-21-24(20-25(22-26)29-15-9-18-33-30-12-5-6-19-34(30)40-37(29)33)28-14-8-17-32-31-16-7-13-27(35(31)39-36(28)32)23-10-3-2-4-11-23;1-32-20-9-4-8-19(18-20)21-11-5-12-23-24-13-6-14-25(30(24)33-29(21)23)27-16-7-15-26-22-10-2-3-17-28(22)34-31(26)27;1-18-13-14-27-26(16-18)25-12-4-11-24(30(25)33-27)23-10-3-9-22-21-8-2-7-20(28(21)32-29(22)23)19-6-5-15-31-17-19/h2-22H;2-18H;2-17H,1H3. The summed E-state index contributed by atoms with van der Waals surface area (Å²) in [5.74, 6) is 0. The number of para-hydroxylation sites is 6. The summed E-state index contributed by atoms with van der Waals surface area (Å²) in [6, 6.07) is 110. The van der Waals surface area contributed by atoms with E-state index in [1.54, 1.807) is 6.20 Å². The fraction of sp³-hybridized carbons (Fsp3) is 0.0102. The summed E-state index contributed by atoms with van der Waals surface area (Å²) < 4.78 is 27.7. The molecule has 0 aliphatic heterocycles. The van der Waals surface area contributed by atoms with Gasteiger partial charge in [0.15, 0.2) is 11.4 Å². The van der Waals surface area contributed by atoms with Crippen molar-refractivity contribution in [1.82, 2.24) is 4.98 Å². The average molecular weight is 1420 g/mol. The Morgan fingerprint density at radius 3 is 1.11 bits per heavy atom. The molecule has 0 saturated carbocycles. The zero-order chi connectivity index (χ0) is 71.2. The fourth-order valence-electron chi connectivity index (χ4n) is 15.7. The smallest absolute Gasteiger partial charge is 0.188 e. The Kier molecular flexibility index (Phi) is 15.4. The quantitative estimate of drug-likeness (QED) is 0.149. The highest BCUT2D eigenvalue weighted by Gasteiger charge is 2.23. The molecule has 9 heteroatoms. The molecule has 0 bridgehead atoms. The summed E-state index contributed by atoms with van der Waals surface area (Å²) in [6.07, 6.45) is 3.69. The Bertz CT molecular complexity index is 7440. The molecule has 22 rings (SSSR count). The summed E-state index contributed by atoms with van der Waals surface area (Å²) in [6.45, 7) is 17.4. The number of aryl methyl sites for hydroxylation is 1. The van der Waals surface area contributed by atoms with E-state index < -0.39 is 0 Å². The highest BCUT2D eigenvalue weighted by Crippen LogP contribution is 2.50. The monoisotopic (exact) mass is 1420 g/mol. The number of furan rings is 3. The zero-order valence-corrected chi connectivity index (χ0v) is 59.9. The Morgan fingerprint density at radius 2 is 0.607 bits per heavy atom. The SMILES string of the molecule is Cc1ccc2sc3c(-c4cccc5c4oc4c(-c6cccnc6)cccc45)cccc3c2c1.[C-]#[N+]c1cc(-c2cccc3c2oc2c(-c4ccccc4)cccc23)cc(-c2cccc3c2sc2ccccc23)c1.[C-]#[N+]c1cccc(-c2cccc3c2oc2c(-c4cccc5c4sc4ccccc45)cccc23)c1. The minimum atomic E-state index is 0.615. The van der Waals surface area contributed by atoms with Crippen molar-refractivity contribution in [2.45, 2.75) is 6.92 Å². The van der Waals surface area contributed by atoms with Gasteiger partial charge in [-0.05, 0) is 89.3 Å². The van der Waals surface area contributed by atoms with Gasteiger partial charge < -0.3 is 13.3 Å². The Balaban J connectivity index is 0.000000107. The predicted octanol–water partition coefficient (Wildman–Crippen LogP) is 30.3. The van der Waals surface area contributed by atoms with Crippen molar-refractivity contribution >= 4 is 172 Å². The van der Waals surface area contributed by atoms with Crippen LogP contribution in [0.2, 0.25) is 0 Å². The summed E-state index contributed by atoms with van der Waals surface area (Å²) in [7, 11) is 0. The van der Waals surface area contributed by atoms with Gasteiger partial charge in [-0.25, -0.2) is 9.69 Å². The highest BCUT2D eigenvalue weighted by molar-refractivity contribution is 7.27. The van der Waals surface area contributed by atoms with Crippen molar-refractivity contribution in [3.8, 4) is 77.9 Å². The highest BCUT2D eigenvalue weighted by atomic mass is 32.1. The van der Waals surface area contributed by atoms with E-state index in [2.05, 4.69) is 289 Å². The van der Waals surface area contributed by atoms with Crippen molar-refractivity contribution in [3.63, 3.8) is 0 Å². The van der Waals surface area contributed by atoms with Crippen LogP contribution in [0.5, 0.6) is 0 Å². The lowest BCUT2D eigenvalue weighted by Gasteiger charge is -2.09. The number of hydrogen-bond donors (Lipinski definition) is 0. The van der Waals surface area contributed by atoms with E-state index in [9.17, 15) is 0 Å². The van der Waals surface area contributed by atoms with Gasteiger partial charge >= 0.3 is 0 Å². The van der Waals surface area contributed by atoms with Gasteiger partial charge in [0, 0.05) is 155 Å². The van der Waals surface area contributed by atoms with Gasteiger partial charge in [-0.2, -0.15) is 0 Å². The Hall–Kier alpha value is -13.5. The minimum Gasteiger partial charge on any atom is -0.455 e. The molecule has 0 N–H and O–H groups in total. The number of rotatable bonds is 7. The zero-order valence-electron chi connectivity index (χ0n) is 57.5. The maximum Gasteiger partial charge on any atom is 0.188 e. The first-order chi connectivity index (χ1) is 52.9. The number of thiophene rings is 3. The largest absolute Gasteiger partial charge is 0.455 e. The van der Waals surface area contributed by atoms with Crippen LogP contribution in [0.15, 0.2) is 341 Å².